The SMILES string of the molecule is CC1(COc2ccc(NC(=O)NCc3ccc4c(c3)CN(C3CCC(=O)NC3=O)C4=O)cc2)CCC(CN)CC1. The molecule has 0 aromatic heterocycles. The van der Waals surface area contributed by atoms with Crippen LogP contribution in [0.15, 0.2) is 42.5 Å². The van der Waals surface area contributed by atoms with Gasteiger partial charge in [-0.2, -0.15) is 0 Å². The quantitative estimate of drug-likeness (QED) is 0.374. The van der Waals surface area contributed by atoms with Gasteiger partial charge in [0.15, 0.2) is 0 Å². The van der Waals surface area contributed by atoms with E-state index in [4.69, 9.17) is 10.5 Å². The standard InChI is InChI=1S/C30H37N5O5/c1-30(12-10-19(15-31)11-13-30)18-40-23-5-3-22(4-6-23)33-29(39)32-16-20-2-7-24-21(14-20)17-35(28(24)38)25-8-9-26(36)34-27(25)37/h2-7,14,19,25H,8-13,15-18,31H2,1H3,(H2,32,33,39)(H,34,36,37). The molecular formula is C30H37N5O5. The van der Waals surface area contributed by atoms with Crippen molar-refractivity contribution in [3.05, 3.63) is 59.2 Å². The van der Waals surface area contributed by atoms with Crippen LogP contribution in [0.4, 0.5) is 10.5 Å². The monoisotopic (exact) mass is 547 g/mol. The van der Waals surface area contributed by atoms with Crippen molar-refractivity contribution in [2.75, 3.05) is 18.5 Å². The molecule has 1 atom stereocenters. The van der Waals surface area contributed by atoms with E-state index in [-0.39, 0.29) is 36.2 Å². The van der Waals surface area contributed by atoms with Gasteiger partial charge in [-0.15, -0.1) is 0 Å². The Morgan fingerprint density at radius 2 is 1.85 bits per heavy atom. The van der Waals surface area contributed by atoms with Gasteiger partial charge in [0.2, 0.25) is 11.8 Å². The van der Waals surface area contributed by atoms with Crippen molar-refractivity contribution in [1.29, 1.82) is 0 Å². The van der Waals surface area contributed by atoms with Crippen LogP contribution in [-0.4, -0.2) is 47.8 Å². The molecule has 0 spiro atoms. The fraction of sp³-hybridized carbons (Fsp3) is 0.467. The maximum Gasteiger partial charge on any atom is 0.319 e. The van der Waals surface area contributed by atoms with Crippen molar-refractivity contribution in [3.63, 3.8) is 0 Å². The number of amides is 5. The van der Waals surface area contributed by atoms with Gasteiger partial charge in [-0.1, -0.05) is 19.1 Å². The highest BCUT2D eigenvalue weighted by Gasteiger charge is 2.39. The molecule has 10 nitrogen and oxygen atoms in total. The van der Waals surface area contributed by atoms with E-state index in [1.807, 2.05) is 30.3 Å². The number of carbonyl (C=O) groups excluding carboxylic acids is 4. The van der Waals surface area contributed by atoms with E-state index < -0.39 is 11.9 Å². The first-order valence-corrected chi connectivity index (χ1v) is 14.0. The summed E-state index contributed by atoms with van der Waals surface area (Å²) in [6, 6.07) is 11.7. The highest BCUT2D eigenvalue weighted by Crippen LogP contribution is 2.38. The van der Waals surface area contributed by atoms with Crippen molar-refractivity contribution in [2.45, 2.75) is 64.6 Å². The number of nitrogens with two attached hydrogens (primary N) is 1. The Hall–Kier alpha value is -3.92. The second kappa shape index (κ2) is 11.7. The number of carbonyl (C=O) groups is 4. The zero-order chi connectivity index (χ0) is 28.3. The minimum Gasteiger partial charge on any atom is -0.493 e. The minimum absolute atomic E-state index is 0.163. The van der Waals surface area contributed by atoms with Crippen LogP contribution < -0.4 is 26.4 Å². The van der Waals surface area contributed by atoms with Crippen molar-refractivity contribution in [3.8, 4) is 5.75 Å². The molecular weight excluding hydrogens is 510 g/mol. The molecule has 2 aromatic rings. The molecule has 1 saturated carbocycles. The van der Waals surface area contributed by atoms with Gasteiger partial charge in [-0.25, -0.2) is 4.79 Å². The molecule has 10 heteroatoms. The predicted octanol–water partition coefficient (Wildman–Crippen LogP) is 3.30. The van der Waals surface area contributed by atoms with Crippen molar-refractivity contribution < 1.29 is 23.9 Å². The summed E-state index contributed by atoms with van der Waals surface area (Å²) in [4.78, 5) is 50.6. The molecule has 1 saturated heterocycles. The Balaban J connectivity index is 1.09. The van der Waals surface area contributed by atoms with Gasteiger partial charge in [0.1, 0.15) is 11.8 Å². The second-order valence-corrected chi connectivity index (χ2v) is 11.5. The number of imide groups is 1. The third kappa shape index (κ3) is 6.28. The molecule has 2 fully saturated rings. The Kier molecular flexibility index (Phi) is 8.07. The topological polar surface area (TPSA) is 143 Å². The van der Waals surface area contributed by atoms with Gasteiger partial charge in [0.05, 0.1) is 6.61 Å². The number of ether oxygens (including phenoxy) is 1. The van der Waals surface area contributed by atoms with E-state index in [1.165, 1.54) is 4.90 Å². The number of piperidine rings is 1. The maximum absolute atomic E-state index is 12.9. The second-order valence-electron chi connectivity index (χ2n) is 11.5. The summed E-state index contributed by atoms with van der Waals surface area (Å²) in [5.74, 6) is 0.434. The van der Waals surface area contributed by atoms with Crippen molar-refractivity contribution >= 4 is 29.4 Å². The third-order valence-electron chi connectivity index (χ3n) is 8.39. The molecule has 2 aliphatic heterocycles. The van der Waals surface area contributed by atoms with Crippen LogP contribution in [0.25, 0.3) is 0 Å². The Morgan fingerprint density at radius 3 is 2.55 bits per heavy atom. The van der Waals surface area contributed by atoms with Crippen molar-refractivity contribution in [1.82, 2.24) is 15.5 Å². The lowest BCUT2D eigenvalue weighted by Crippen LogP contribution is -2.52. The van der Waals surface area contributed by atoms with E-state index in [2.05, 4.69) is 22.9 Å². The molecule has 5 rings (SSSR count). The Morgan fingerprint density at radius 1 is 1.10 bits per heavy atom. The molecule has 5 amide bonds. The molecule has 5 N–H and O–H groups in total. The minimum atomic E-state index is -0.652. The van der Waals surface area contributed by atoms with Gasteiger partial charge in [0, 0.05) is 36.2 Å². The van der Waals surface area contributed by atoms with Crippen LogP contribution in [0.5, 0.6) is 5.75 Å². The summed E-state index contributed by atoms with van der Waals surface area (Å²) in [6.07, 6.45) is 5.07. The number of nitrogens with one attached hydrogen (secondary N) is 3. The number of anilines is 1. The van der Waals surface area contributed by atoms with Crippen LogP contribution in [0.2, 0.25) is 0 Å². The molecule has 40 heavy (non-hydrogen) atoms. The Labute approximate surface area is 234 Å². The highest BCUT2D eigenvalue weighted by atomic mass is 16.5. The summed E-state index contributed by atoms with van der Waals surface area (Å²) in [7, 11) is 0. The number of urea groups is 1. The lowest BCUT2D eigenvalue weighted by Gasteiger charge is -2.36. The Bertz CT molecular complexity index is 1290. The first-order chi connectivity index (χ1) is 19.2. The summed E-state index contributed by atoms with van der Waals surface area (Å²) in [5.41, 5.74) is 8.80. The van der Waals surface area contributed by atoms with Gasteiger partial charge < -0.3 is 26.0 Å². The highest BCUT2D eigenvalue weighted by molar-refractivity contribution is 6.05. The molecule has 3 aliphatic rings. The number of rotatable bonds is 8. The molecule has 0 radical (unpaired) electrons. The fourth-order valence-electron chi connectivity index (χ4n) is 5.74. The van der Waals surface area contributed by atoms with E-state index in [9.17, 15) is 19.2 Å². The van der Waals surface area contributed by atoms with E-state index in [0.717, 1.165) is 49.1 Å². The van der Waals surface area contributed by atoms with Crippen LogP contribution in [0.1, 0.15) is 66.9 Å². The first-order valence-electron chi connectivity index (χ1n) is 14.0. The first kappa shape index (κ1) is 27.6. The predicted molar refractivity (Wildman–Crippen MR) is 149 cm³/mol. The average Bonchev–Trinajstić information content (AvgIpc) is 3.27. The third-order valence-corrected chi connectivity index (χ3v) is 8.39. The zero-order valence-corrected chi connectivity index (χ0v) is 22.8. The van der Waals surface area contributed by atoms with Crippen LogP contribution >= 0.6 is 0 Å². The molecule has 0 bridgehead atoms. The summed E-state index contributed by atoms with van der Waals surface area (Å²) < 4.78 is 6.06. The zero-order valence-electron chi connectivity index (χ0n) is 22.8. The summed E-state index contributed by atoms with van der Waals surface area (Å²) in [5, 5.41) is 7.98. The smallest absolute Gasteiger partial charge is 0.319 e. The number of nitrogens with zero attached hydrogens (tertiary/aromatic N) is 1. The number of fused-ring (bicyclic) bond motifs is 1. The molecule has 212 valence electrons. The maximum atomic E-state index is 12.9. The molecule has 2 aromatic carbocycles. The number of benzene rings is 2. The van der Waals surface area contributed by atoms with E-state index in [0.29, 0.717) is 36.7 Å². The lowest BCUT2D eigenvalue weighted by molar-refractivity contribution is -0.136. The fourth-order valence-corrected chi connectivity index (χ4v) is 5.74. The number of hydrogen-bond acceptors (Lipinski definition) is 6. The molecule has 1 aliphatic carbocycles. The normalized spacial score (nSPS) is 24.4. The summed E-state index contributed by atoms with van der Waals surface area (Å²) >= 11 is 0. The van der Waals surface area contributed by atoms with Gasteiger partial charge in [-0.3, -0.25) is 19.7 Å². The van der Waals surface area contributed by atoms with Crippen molar-refractivity contribution in [2.24, 2.45) is 17.1 Å². The van der Waals surface area contributed by atoms with Gasteiger partial charge >= 0.3 is 6.03 Å². The van der Waals surface area contributed by atoms with Crippen LogP contribution in [-0.2, 0) is 22.7 Å². The van der Waals surface area contributed by atoms with E-state index in [1.54, 1.807) is 12.1 Å². The summed E-state index contributed by atoms with van der Waals surface area (Å²) in [6.45, 7) is 4.26. The lowest BCUT2D eigenvalue weighted by atomic mass is 9.72. The van der Waals surface area contributed by atoms with Gasteiger partial charge in [0.25, 0.3) is 5.91 Å². The van der Waals surface area contributed by atoms with Crippen LogP contribution in [0.3, 0.4) is 0 Å². The number of hydrogen-bond donors (Lipinski definition) is 4. The van der Waals surface area contributed by atoms with Crippen LogP contribution in [0, 0.1) is 11.3 Å². The molecule has 1 unspecified atom stereocenters. The van der Waals surface area contributed by atoms with Gasteiger partial charge in [-0.05, 0) is 86.0 Å². The van der Waals surface area contributed by atoms with E-state index >= 15 is 0 Å². The largest absolute Gasteiger partial charge is 0.493 e. The average molecular weight is 548 g/mol. The molecule has 2 heterocycles.